The molecule has 0 saturated heterocycles. The fraction of sp³-hybridized carbons (Fsp3) is 0.844. The van der Waals surface area contributed by atoms with Crippen LogP contribution in [0, 0.1) is 23.2 Å². The highest BCUT2D eigenvalue weighted by atomic mass is 16.6. The lowest BCUT2D eigenvalue weighted by atomic mass is 9.80. The molecule has 10 nitrogen and oxygen atoms in total. The molecular weight excluding hydrogens is 536 g/mol. The minimum atomic E-state index is -1.08. The summed E-state index contributed by atoms with van der Waals surface area (Å²) in [6.07, 6.45) is 8.53. The predicted molar refractivity (Wildman–Crippen MR) is 162 cm³/mol. The van der Waals surface area contributed by atoms with Gasteiger partial charge in [-0.15, -0.1) is 0 Å². The first kappa shape index (κ1) is 35.5. The summed E-state index contributed by atoms with van der Waals surface area (Å²) in [6.45, 7) is 15.0. The van der Waals surface area contributed by atoms with E-state index >= 15 is 0 Å². The lowest BCUT2D eigenvalue weighted by Crippen LogP contribution is -2.61. The van der Waals surface area contributed by atoms with Crippen LogP contribution in [0.15, 0.2) is 0 Å². The standard InChI is InChI=1S/C32H56N4O6/c1-9-24(28(39)34-23(25(37)27(33)38)18-22-15-12-16-22)36(19-20(2)17-21-13-10-11-14-21)29(40)26(31(3,4)5)35-30(41)42-32(6,7)8/h20-24,26H,9-19H2,1-8H3,(H2,33,38)(H,34,39)(H,35,41)/t20-,23?,24-,26+/m0/s1. The molecule has 2 aliphatic carbocycles. The van der Waals surface area contributed by atoms with Crippen molar-refractivity contribution >= 4 is 29.6 Å². The van der Waals surface area contributed by atoms with Crippen molar-refractivity contribution in [3.63, 3.8) is 0 Å². The number of nitrogens with zero attached hydrogens (tertiary/aromatic N) is 1. The largest absolute Gasteiger partial charge is 0.444 e. The van der Waals surface area contributed by atoms with Crippen molar-refractivity contribution in [3.05, 3.63) is 0 Å². The van der Waals surface area contributed by atoms with E-state index in [1.807, 2.05) is 27.7 Å². The second-order valence-corrected chi connectivity index (χ2v) is 14.7. The van der Waals surface area contributed by atoms with Gasteiger partial charge in [-0.25, -0.2) is 4.79 Å². The molecule has 2 rings (SSSR count). The first-order chi connectivity index (χ1) is 19.4. The number of rotatable bonds is 14. The van der Waals surface area contributed by atoms with Crippen LogP contribution in [-0.4, -0.2) is 64.8 Å². The van der Waals surface area contributed by atoms with Gasteiger partial charge in [-0.2, -0.15) is 0 Å². The maximum atomic E-state index is 14.4. The van der Waals surface area contributed by atoms with Gasteiger partial charge in [-0.05, 0) is 63.2 Å². The number of ketones is 1. The molecule has 10 heteroatoms. The number of ether oxygens (including phenoxy) is 1. The number of Topliss-reactive ketones (excluding diaryl/α,β-unsaturated/α-hetero) is 1. The minimum Gasteiger partial charge on any atom is -0.444 e. The molecule has 42 heavy (non-hydrogen) atoms. The minimum absolute atomic E-state index is 0.110. The first-order valence-corrected chi connectivity index (χ1v) is 15.9. The van der Waals surface area contributed by atoms with Crippen LogP contribution in [0.3, 0.4) is 0 Å². The van der Waals surface area contributed by atoms with Crippen molar-refractivity contribution in [2.45, 2.75) is 143 Å². The second-order valence-electron chi connectivity index (χ2n) is 14.7. The van der Waals surface area contributed by atoms with E-state index in [1.165, 1.54) is 25.7 Å². The number of primary amides is 1. The Hall–Kier alpha value is -2.65. The van der Waals surface area contributed by atoms with Crippen LogP contribution in [0.1, 0.15) is 120 Å². The third-order valence-electron chi connectivity index (χ3n) is 8.51. The molecule has 0 spiro atoms. The van der Waals surface area contributed by atoms with Crippen LogP contribution in [0.5, 0.6) is 0 Å². The Bertz CT molecular complexity index is 959. The molecule has 4 N–H and O–H groups in total. The van der Waals surface area contributed by atoms with E-state index in [0.717, 1.165) is 25.7 Å². The van der Waals surface area contributed by atoms with E-state index < -0.39 is 52.8 Å². The molecule has 0 bridgehead atoms. The maximum absolute atomic E-state index is 14.4. The van der Waals surface area contributed by atoms with Crippen molar-refractivity contribution in [1.82, 2.24) is 15.5 Å². The van der Waals surface area contributed by atoms with Crippen LogP contribution in [0.25, 0.3) is 0 Å². The molecule has 0 aromatic carbocycles. The molecule has 0 radical (unpaired) electrons. The van der Waals surface area contributed by atoms with Crippen molar-refractivity contribution in [3.8, 4) is 0 Å². The first-order valence-electron chi connectivity index (χ1n) is 15.9. The van der Waals surface area contributed by atoms with Crippen LogP contribution in [0.4, 0.5) is 4.79 Å². The Balaban J connectivity index is 2.38. The Morgan fingerprint density at radius 2 is 1.43 bits per heavy atom. The Morgan fingerprint density at radius 1 is 0.881 bits per heavy atom. The summed E-state index contributed by atoms with van der Waals surface area (Å²) >= 11 is 0. The average Bonchev–Trinajstić information content (AvgIpc) is 3.33. The third kappa shape index (κ3) is 10.9. The Labute approximate surface area is 252 Å². The lowest BCUT2D eigenvalue weighted by molar-refractivity contribution is -0.146. The fourth-order valence-electron chi connectivity index (χ4n) is 6.12. The third-order valence-corrected chi connectivity index (χ3v) is 8.51. The topological polar surface area (TPSA) is 148 Å². The number of alkyl carbamates (subject to hydrolysis) is 1. The maximum Gasteiger partial charge on any atom is 0.408 e. The van der Waals surface area contributed by atoms with E-state index in [1.54, 1.807) is 25.7 Å². The van der Waals surface area contributed by atoms with Crippen molar-refractivity contribution in [1.29, 1.82) is 0 Å². The Kier molecular flexibility index (Phi) is 12.9. The molecule has 4 amide bonds. The van der Waals surface area contributed by atoms with E-state index in [4.69, 9.17) is 10.5 Å². The van der Waals surface area contributed by atoms with Gasteiger partial charge < -0.3 is 26.0 Å². The van der Waals surface area contributed by atoms with E-state index in [2.05, 4.69) is 17.6 Å². The van der Waals surface area contributed by atoms with Gasteiger partial charge in [0.15, 0.2) is 0 Å². The molecule has 2 fully saturated rings. The van der Waals surface area contributed by atoms with E-state index in [-0.39, 0.29) is 24.2 Å². The molecule has 0 aromatic heterocycles. The predicted octanol–water partition coefficient (Wildman–Crippen LogP) is 4.48. The number of amides is 4. The van der Waals surface area contributed by atoms with E-state index in [9.17, 15) is 24.0 Å². The molecule has 1 unspecified atom stereocenters. The van der Waals surface area contributed by atoms with Crippen LogP contribution in [-0.2, 0) is 23.9 Å². The van der Waals surface area contributed by atoms with Crippen LogP contribution < -0.4 is 16.4 Å². The molecule has 0 aromatic rings. The fourth-order valence-corrected chi connectivity index (χ4v) is 6.12. The molecule has 2 saturated carbocycles. The Morgan fingerprint density at radius 3 is 1.88 bits per heavy atom. The molecule has 0 aliphatic heterocycles. The molecule has 2 aliphatic rings. The zero-order valence-corrected chi connectivity index (χ0v) is 27.2. The number of nitrogens with two attached hydrogens (primary N) is 1. The number of nitrogens with one attached hydrogen (secondary N) is 2. The normalized spacial score (nSPS) is 19.1. The summed E-state index contributed by atoms with van der Waals surface area (Å²) in [5.41, 5.74) is 3.89. The van der Waals surface area contributed by atoms with Gasteiger partial charge in [0.2, 0.25) is 17.6 Å². The zero-order chi connectivity index (χ0) is 31.8. The number of carbonyl (C=O) groups excluding carboxylic acids is 5. The zero-order valence-electron chi connectivity index (χ0n) is 27.2. The van der Waals surface area contributed by atoms with E-state index in [0.29, 0.717) is 18.9 Å². The summed E-state index contributed by atoms with van der Waals surface area (Å²) in [6, 6.07) is -2.90. The second kappa shape index (κ2) is 15.2. The summed E-state index contributed by atoms with van der Waals surface area (Å²) in [7, 11) is 0. The van der Waals surface area contributed by atoms with Gasteiger partial charge in [0, 0.05) is 6.54 Å². The summed E-state index contributed by atoms with van der Waals surface area (Å²) in [5, 5.41) is 5.56. The lowest BCUT2D eigenvalue weighted by Gasteiger charge is -2.40. The highest BCUT2D eigenvalue weighted by Gasteiger charge is 2.42. The van der Waals surface area contributed by atoms with Gasteiger partial charge in [0.05, 0.1) is 6.04 Å². The van der Waals surface area contributed by atoms with Crippen molar-refractivity contribution in [2.75, 3.05) is 6.54 Å². The van der Waals surface area contributed by atoms with Gasteiger partial charge in [-0.1, -0.05) is 79.6 Å². The van der Waals surface area contributed by atoms with Gasteiger partial charge in [-0.3, -0.25) is 19.2 Å². The molecular formula is C32H56N4O6. The van der Waals surface area contributed by atoms with Crippen molar-refractivity contribution < 1.29 is 28.7 Å². The highest BCUT2D eigenvalue weighted by molar-refractivity contribution is 6.37. The SMILES string of the molecule is CC[C@@H](C(=O)NC(CC1CCC1)C(=O)C(N)=O)N(C[C@@H](C)CC1CCCC1)C(=O)[C@@H](NC(=O)OC(C)(C)C)C(C)(C)C. The van der Waals surface area contributed by atoms with Crippen LogP contribution >= 0.6 is 0 Å². The highest BCUT2D eigenvalue weighted by Crippen LogP contribution is 2.32. The smallest absolute Gasteiger partial charge is 0.408 e. The number of hydrogen-bond donors (Lipinski definition) is 3. The van der Waals surface area contributed by atoms with Crippen molar-refractivity contribution in [2.24, 2.45) is 28.9 Å². The average molecular weight is 593 g/mol. The molecule has 240 valence electrons. The molecule has 4 atom stereocenters. The van der Waals surface area contributed by atoms with Gasteiger partial charge in [0.1, 0.15) is 17.7 Å². The van der Waals surface area contributed by atoms with Crippen LogP contribution in [0.2, 0.25) is 0 Å². The monoisotopic (exact) mass is 592 g/mol. The molecule has 0 heterocycles. The quantitative estimate of drug-likeness (QED) is 0.253. The summed E-state index contributed by atoms with van der Waals surface area (Å²) in [5.74, 6) is -1.85. The van der Waals surface area contributed by atoms with Gasteiger partial charge >= 0.3 is 6.09 Å². The number of carbonyl (C=O) groups is 5. The summed E-state index contributed by atoms with van der Waals surface area (Å²) < 4.78 is 5.47. The summed E-state index contributed by atoms with van der Waals surface area (Å²) in [4.78, 5) is 67.1. The van der Waals surface area contributed by atoms with Gasteiger partial charge in [0.25, 0.3) is 5.91 Å². The number of hydrogen-bond acceptors (Lipinski definition) is 6.